The number of benzene rings is 8. The van der Waals surface area contributed by atoms with Crippen molar-refractivity contribution in [1.29, 1.82) is 0 Å². The predicted molar refractivity (Wildman–Crippen MR) is 297 cm³/mol. The van der Waals surface area contributed by atoms with E-state index in [4.69, 9.17) is 16.6 Å². The van der Waals surface area contributed by atoms with E-state index in [2.05, 4.69) is 109 Å². The van der Waals surface area contributed by atoms with Crippen molar-refractivity contribution >= 4 is 32.8 Å². The van der Waals surface area contributed by atoms with E-state index in [9.17, 15) is 2.74 Å². The standard InChI is InChI=1S/C67H60N4O.Pt/c1-65(2,3)43-45-34-35-68-63(36-45)71-59-29-17-16-26-57(59)58-32-31-54(42-61(58)71)72-53-25-18-24-52(41-53)69-44-70(62-39-48(30-33-60(62)69)46-20-12-10-13-21-46)64-55(47-22-14-11-15-23-47)27-19-28-56(64)49-37-50(66(4,5)6)40-51(38-49)67(7,8)9;/h10-40H,43H2,1-9H3;/q-2;/i11D,14D,15D,22D,23D,43D2;. The van der Waals surface area contributed by atoms with Gasteiger partial charge in [-0.3, -0.25) is 4.57 Å². The maximum absolute atomic E-state index is 9.35. The summed E-state index contributed by atoms with van der Waals surface area (Å²) < 4.78 is 75.7. The Balaban J connectivity index is 0.00000720. The average Bonchev–Trinajstić information content (AvgIpc) is 3.97. The first kappa shape index (κ1) is 41.2. The molecule has 0 atom stereocenters. The molecule has 0 spiro atoms. The van der Waals surface area contributed by atoms with Crippen LogP contribution >= 0.6 is 0 Å². The number of aromatic nitrogens is 4. The van der Waals surface area contributed by atoms with Crippen molar-refractivity contribution in [1.82, 2.24) is 14.1 Å². The van der Waals surface area contributed by atoms with Crippen LogP contribution in [0.5, 0.6) is 11.5 Å². The largest absolute Gasteiger partial charge is 0.510 e. The molecule has 0 amide bonds. The number of nitrogens with zero attached hydrogens (tertiary/aromatic N) is 4. The minimum absolute atomic E-state index is 0. The Morgan fingerprint density at radius 3 is 2.00 bits per heavy atom. The second kappa shape index (κ2) is 19.3. The van der Waals surface area contributed by atoms with Crippen molar-refractivity contribution < 1.29 is 40.0 Å². The van der Waals surface area contributed by atoms with E-state index >= 15 is 0 Å². The van der Waals surface area contributed by atoms with Gasteiger partial charge in [-0.2, -0.15) is 18.2 Å². The molecule has 0 aliphatic heterocycles. The molecular formula is C67H60N4OPt-2. The van der Waals surface area contributed by atoms with Gasteiger partial charge < -0.3 is 13.9 Å². The van der Waals surface area contributed by atoms with Gasteiger partial charge in [0.05, 0.1) is 23.6 Å². The van der Waals surface area contributed by atoms with Crippen LogP contribution < -0.4 is 9.30 Å². The number of ether oxygens (including phenoxy) is 1. The molecule has 6 heteroatoms. The molecule has 5 nitrogen and oxygen atoms in total. The molecule has 73 heavy (non-hydrogen) atoms. The van der Waals surface area contributed by atoms with Gasteiger partial charge in [-0.1, -0.05) is 195 Å². The van der Waals surface area contributed by atoms with Crippen LogP contribution in [-0.4, -0.2) is 14.1 Å². The van der Waals surface area contributed by atoms with Crippen molar-refractivity contribution in [3.05, 3.63) is 223 Å². The smallest absolute Gasteiger partial charge is 0.268 e. The Hall–Kier alpha value is -7.33. The molecule has 366 valence electrons. The number of pyridine rings is 1. The summed E-state index contributed by atoms with van der Waals surface area (Å²) in [6.07, 6.45) is 3.74. The molecule has 3 heterocycles. The molecule has 0 N–H and O–H groups in total. The maximum Gasteiger partial charge on any atom is 0.268 e. The van der Waals surface area contributed by atoms with Crippen molar-refractivity contribution in [2.24, 2.45) is 5.41 Å². The van der Waals surface area contributed by atoms with Gasteiger partial charge in [0.1, 0.15) is 5.82 Å². The third kappa shape index (κ3) is 9.84. The molecule has 0 fully saturated rings. The molecule has 8 aromatic carbocycles. The van der Waals surface area contributed by atoms with E-state index in [-0.39, 0.29) is 49.5 Å². The first-order valence-corrected chi connectivity index (χ1v) is 24.5. The maximum atomic E-state index is 9.35. The molecule has 0 saturated carbocycles. The fourth-order valence-corrected chi connectivity index (χ4v) is 9.48. The van der Waals surface area contributed by atoms with Crippen LogP contribution in [0.1, 0.15) is 88.6 Å². The summed E-state index contributed by atoms with van der Waals surface area (Å²) in [4.78, 5) is 4.78. The zero-order chi connectivity index (χ0) is 56.1. The van der Waals surface area contributed by atoms with E-state index < -0.39 is 29.9 Å². The number of hydrogen-bond donors (Lipinski definition) is 0. The van der Waals surface area contributed by atoms with Crippen LogP contribution in [0.2, 0.25) is 0 Å². The summed E-state index contributed by atoms with van der Waals surface area (Å²) in [5, 5.41) is 1.93. The van der Waals surface area contributed by atoms with Gasteiger partial charge in [-0.05, 0) is 108 Å². The topological polar surface area (TPSA) is 35.9 Å². The SMILES string of the molecule is [2H]c1c([2H])c([2H])c(-c2cccc(-c3cc(C(C)(C)C)cc(C(C)(C)C)c3)c2-[n+]2[c-]n(-c3[c-]c(Oc4[c-]c5c(cc4)c4ccccc4n5-c4cc(C([2H])([2H])C(C)(C)C)ccn4)ccc3)c3ccc(-c4ccccc4)cc32)c([2H])c1[2H].[Pt]. The third-order valence-corrected chi connectivity index (χ3v) is 13.0. The van der Waals surface area contributed by atoms with Gasteiger partial charge in [-0.25, -0.2) is 4.98 Å². The third-order valence-electron chi connectivity index (χ3n) is 13.0. The fourth-order valence-electron chi connectivity index (χ4n) is 9.48. The van der Waals surface area contributed by atoms with Gasteiger partial charge >= 0.3 is 0 Å². The van der Waals surface area contributed by atoms with Crippen molar-refractivity contribution in [2.75, 3.05) is 0 Å². The summed E-state index contributed by atoms with van der Waals surface area (Å²) >= 11 is 0. The summed E-state index contributed by atoms with van der Waals surface area (Å²) in [7, 11) is 0. The molecule has 0 radical (unpaired) electrons. The number of para-hydroxylation sites is 2. The number of imidazole rings is 1. The summed E-state index contributed by atoms with van der Waals surface area (Å²) in [5.74, 6) is 1.40. The van der Waals surface area contributed by atoms with Crippen LogP contribution in [0.25, 0.3) is 83.4 Å². The molecule has 0 aliphatic carbocycles. The normalized spacial score (nSPS) is 13.7. The molecule has 11 rings (SSSR count). The molecule has 3 aromatic heterocycles. The number of fused-ring (bicyclic) bond motifs is 4. The molecule has 0 bridgehead atoms. The van der Waals surface area contributed by atoms with E-state index in [1.165, 1.54) is 0 Å². The minimum Gasteiger partial charge on any atom is -0.510 e. The Labute approximate surface area is 454 Å². The van der Waals surface area contributed by atoms with Crippen LogP contribution in [0.3, 0.4) is 0 Å². The van der Waals surface area contributed by atoms with Gasteiger partial charge in [0.15, 0.2) is 0 Å². The second-order valence-electron chi connectivity index (χ2n) is 21.6. The average molecular weight is 1140 g/mol. The summed E-state index contributed by atoms with van der Waals surface area (Å²) in [6, 6.07) is 55.1. The molecule has 0 unspecified atom stereocenters. The van der Waals surface area contributed by atoms with Gasteiger partial charge in [-0.15, -0.1) is 29.7 Å². The van der Waals surface area contributed by atoms with Crippen molar-refractivity contribution in [3.8, 4) is 62.1 Å². The van der Waals surface area contributed by atoms with Gasteiger partial charge in [0.25, 0.3) is 6.33 Å². The Kier molecular flexibility index (Phi) is 10.9. The quantitative estimate of drug-likeness (QED) is 0.107. The van der Waals surface area contributed by atoms with Gasteiger partial charge in [0.2, 0.25) is 0 Å². The van der Waals surface area contributed by atoms with Crippen molar-refractivity contribution in [2.45, 2.75) is 79.5 Å². The predicted octanol–water partition coefficient (Wildman–Crippen LogP) is 16.8. The number of hydrogen-bond acceptors (Lipinski definition) is 2. The first-order valence-electron chi connectivity index (χ1n) is 28.0. The van der Waals surface area contributed by atoms with Crippen LogP contribution in [0.4, 0.5) is 0 Å². The minimum atomic E-state index is -1.64. The van der Waals surface area contributed by atoms with Crippen molar-refractivity contribution in [3.63, 3.8) is 0 Å². The second-order valence-corrected chi connectivity index (χ2v) is 21.6. The van der Waals surface area contributed by atoms with Crippen LogP contribution in [0.15, 0.2) is 188 Å². The fraction of sp³-hybridized carbons (Fsp3) is 0.194. The first-order chi connectivity index (χ1) is 37.4. The molecule has 0 saturated heterocycles. The van der Waals surface area contributed by atoms with Crippen LogP contribution in [0, 0.1) is 23.9 Å². The zero-order valence-electron chi connectivity index (χ0n) is 49.5. The molecular weight excluding hydrogens is 1070 g/mol. The molecule has 11 aromatic rings. The number of rotatable bonds is 9. The van der Waals surface area contributed by atoms with E-state index in [1.54, 1.807) is 12.3 Å². The molecule has 0 aliphatic rings. The van der Waals surface area contributed by atoms with Gasteiger partial charge in [0, 0.05) is 47.0 Å². The summed E-state index contributed by atoms with van der Waals surface area (Å²) in [6.45, 7) is 18.9. The van der Waals surface area contributed by atoms with E-state index in [0.717, 1.165) is 60.7 Å². The Bertz CT molecular complexity index is 4160. The van der Waals surface area contributed by atoms with E-state index in [1.807, 2.05) is 132 Å². The Morgan fingerprint density at radius 2 is 1.27 bits per heavy atom. The monoisotopic (exact) mass is 1140 g/mol. The van der Waals surface area contributed by atoms with E-state index in [0.29, 0.717) is 45.3 Å². The van der Waals surface area contributed by atoms with Crippen LogP contribution in [-0.2, 0) is 38.3 Å². The zero-order valence-corrected chi connectivity index (χ0v) is 44.8. The summed E-state index contributed by atoms with van der Waals surface area (Å²) in [5.41, 5.74) is 10.1. The Morgan fingerprint density at radius 1 is 0.589 bits per heavy atom.